The highest BCUT2D eigenvalue weighted by molar-refractivity contribution is 7.91. The van der Waals surface area contributed by atoms with E-state index in [0.717, 1.165) is 6.42 Å². The molecule has 0 aliphatic heterocycles. The zero-order chi connectivity index (χ0) is 16.8. The van der Waals surface area contributed by atoms with E-state index in [1.807, 2.05) is 13.8 Å². The monoisotopic (exact) mass is 362 g/mol. The lowest BCUT2D eigenvalue weighted by Gasteiger charge is -2.26. The fraction of sp³-hybridized carbons (Fsp3) is 0.562. The number of hydrogen-bond acceptors (Lipinski definition) is 4. The van der Waals surface area contributed by atoms with Crippen molar-refractivity contribution in [3.05, 3.63) is 30.3 Å². The molecule has 0 aromatic heterocycles. The van der Waals surface area contributed by atoms with E-state index in [-0.39, 0.29) is 29.0 Å². The van der Waals surface area contributed by atoms with E-state index < -0.39 is 21.4 Å². The Labute approximate surface area is 145 Å². The summed E-state index contributed by atoms with van der Waals surface area (Å²) >= 11 is 0. The second-order valence-corrected chi connectivity index (χ2v) is 7.87. The molecular weight excluding hydrogens is 336 g/mol. The number of nitrogens with one attached hydrogen (secondary N) is 1. The van der Waals surface area contributed by atoms with Gasteiger partial charge in [0, 0.05) is 6.04 Å². The number of nitrogens with two attached hydrogens (primary N) is 1. The Morgan fingerprint density at radius 1 is 1.26 bits per heavy atom. The molecule has 0 radical (unpaired) electrons. The first kappa shape index (κ1) is 21.9. The Bertz CT molecular complexity index is 589. The van der Waals surface area contributed by atoms with Gasteiger partial charge >= 0.3 is 0 Å². The van der Waals surface area contributed by atoms with E-state index in [1.165, 1.54) is 0 Å². The average Bonchev–Trinajstić information content (AvgIpc) is 2.47. The van der Waals surface area contributed by atoms with Gasteiger partial charge < -0.3 is 11.1 Å². The molecule has 5 nitrogen and oxygen atoms in total. The molecule has 0 saturated heterocycles. The van der Waals surface area contributed by atoms with Crippen LogP contribution in [0.3, 0.4) is 0 Å². The highest BCUT2D eigenvalue weighted by Gasteiger charge is 2.30. The quantitative estimate of drug-likeness (QED) is 0.742. The van der Waals surface area contributed by atoms with E-state index in [1.54, 1.807) is 37.3 Å². The Balaban J connectivity index is 0.00000484. The van der Waals surface area contributed by atoms with Crippen molar-refractivity contribution in [3.8, 4) is 0 Å². The normalized spacial score (nSPS) is 15.1. The summed E-state index contributed by atoms with van der Waals surface area (Å²) in [6.45, 7) is 5.47. The van der Waals surface area contributed by atoms with Gasteiger partial charge in [-0.15, -0.1) is 12.4 Å². The van der Waals surface area contributed by atoms with Crippen LogP contribution in [0.2, 0.25) is 0 Å². The molecule has 1 rings (SSSR count). The third-order valence-electron chi connectivity index (χ3n) is 3.64. The molecule has 1 aromatic carbocycles. The molecule has 2 atom stereocenters. The van der Waals surface area contributed by atoms with Gasteiger partial charge in [0.15, 0.2) is 9.84 Å². The lowest BCUT2D eigenvalue weighted by atomic mass is 9.96. The predicted octanol–water partition coefficient (Wildman–Crippen LogP) is 2.29. The van der Waals surface area contributed by atoms with Gasteiger partial charge in [0.2, 0.25) is 5.91 Å². The van der Waals surface area contributed by atoms with Crippen LogP contribution in [0.4, 0.5) is 0 Å². The summed E-state index contributed by atoms with van der Waals surface area (Å²) in [4.78, 5) is 12.5. The molecule has 0 fully saturated rings. The van der Waals surface area contributed by atoms with Crippen LogP contribution in [0, 0.1) is 0 Å². The molecule has 1 aromatic rings. The first-order chi connectivity index (χ1) is 10.2. The topological polar surface area (TPSA) is 89.3 Å². The van der Waals surface area contributed by atoms with Gasteiger partial charge in [0.1, 0.15) is 0 Å². The number of benzene rings is 1. The fourth-order valence-electron chi connectivity index (χ4n) is 2.23. The Morgan fingerprint density at radius 2 is 1.83 bits per heavy atom. The highest BCUT2D eigenvalue weighted by atomic mass is 35.5. The Kier molecular flexibility index (Phi) is 8.80. The van der Waals surface area contributed by atoms with Gasteiger partial charge in [0.25, 0.3) is 0 Å². The molecule has 7 heteroatoms. The molecule has 0 saturated carbocycles. The van der Waals surface area contributed by atoms with Gasteiger partial charge in [0.05, 0.1) is 16.2 Å². The van der Waals surface area contributed by atoms with Crippen molar-refractivity contribution < 1.29 is 13.2 Å². The number of carbonyl (C=O) groups is 1. The van der Waals surface area contributed by atoms with E-state index in [2.05, 4.69) is 5.32 Å². The lowest BCUT2D eigenvalue weighted by molar-refractivity contribution is -0.126. The molecule has 2 unspecified atom stereocenters. The lowest BCUT2D eigenvalue weighted by Crippen LogP contribution is -2.55. The van der Waals surface area contributed by atoms with Gasteiger partial charge in [-0.3, -0.25) is 4.79 Å². The zero-order valence-electron chi connectivity index (χ0n) is 13.9. The van der Waals surface area contributed by atoms with Crippen LogP contribution >= 0.6 is 12.4 Å². The van der Waals surface area contributed by atoms with Crippen LogP contribution in [0.1, 0.15) is 40.0 Å². The maximum absolute atomic E-state index is 12.4. The minimum Gasteiger partial charge on any atom is -0.351 e. The summed E-state index contributed by atoms with van der Waals surface area (Å²) in [6.07, 6.45) is 1.88. The Morgan fingerprint density at radius 3 is 2.30 bits per heavy atom. The summed E-state index contributed by atoms with van der Waals surface area (Å²) in [5.41, 5.74) is 5.01. The molecule has 132 valence electrons. The fourth-order valence-corrected chi connectivity index (χ4v) is 3.85. The molecule has 0 aliphatic rings. The number of carbonyl (C=O) groups excluding carboxylic acids is 1. The molecule has 0 aliphatic carbocycles. The first-order valence-corrected chi connectivity index (χ1v) is 9.25. The van der Waals surface area contributed by atoms with Crippen LogP contribution in [-0.2, 0) is 14.6 Å². The zero-order valence-corrected chi connectivity index (χ0v) is 15.5. The molecule has 0 heterocycles. The largest absolute Gasteiger partial charge is 0.351 e. The first-order valence-electron chi connectivity index (χ1n) is 7.60. The molecule has 0 spiro atoms. The SMILES string of the molecule is CCCC(C)(N)C(=O)NC(CC)CS(=O)(=O)c1ccccc1.Cl. The summed E-state index contributed by atoms with van der Waals surface area (Å²) in [6, 6.07) is 7.82. The van der Waals surface area contributed by atoms with Crippen molar-refractivity contribution in [1.29, 1.82) is 0 Å². The van der Waals surface area contributed by atoms with Crippen LogP contribution in [-0.4, -0.2) is 31.7 Å². The highest BCUT2D eigenvalue weighted by Crippen LogP contribution is 2.14. The molecule has 23 heavy (non-hydrogen) atoms. The third kappa shape index (κ3) is 6.49. The molecule has 3 N–H and O–H groups in total. The van der Waals surface area contributed by atoms with E-state index >= 15 is 0 Å². The summed E-state index contributed by atoms with van der Waals surface area (Å²) in [7, 11) is -3.43. The van der Waals surface area contributed by atoms with Crippen LogP contribution in [0.15, 0.2) is 35.2 Å². The number of halogens is 1. The minimum atomic E-state index is -3.43. The van der Waals surface area contributed by atoms with Crippen molar-refractivity contribution >= 4 is 28.2 Å². The van der Waals surface area contributed by atoms with Crippen molar-refractivity contribution in [3.63, 3.8) is 0 Å². The summed E-state index contributed by atoms with van der Waals surface area (Å²) in [5, 5.41) is 2.77. The summed E-state index contributed by atoms with van der Waals surface area (Å²) in [5.74, 6) is -0.425. The van der Waals surface area contributed by atoms with Gasteiger partial charge in [-0.05, 0) is 31.9 Å². The third-order valence-corrected chi connectivity index (χ3v) is 5.47. The van der Waals surface area contributed by atoms with E-state index in [9.17, 15) is 13.2 Å². The maximum atomic E-state index is 12.4. The van der Waals surface area contributed by atoms with E-state index in [4.69, 9.17) is 5.73 Å². The second-order valence-electron chi connectivity index (χ2n) is 5.84. The van der Waals surface area contributed by atoms with Crippen molar-refractivity contribution in [2.24, 2.45) is 5.73 Å². The molecule has 1 amide bonds. The van der Waals surface area contributed by atoms with Crippen molar-refractivity contribution in [1.82, 2.24) is 5.32 Å². The van der Waals surface area contributed by atoms with Crippen LogP contribution < -0.4 is 11.1 Å². The standard InChI is InChI=1S/C16H26N2O3S.ClH/c1-4-11-16(3,17)15(19)18-13(5-2)12-22(20,21)14-9-7-6-8-10-14;/h6-10,13H,4-5,11-12,17H2,1-3H3,(H,18,19);1H. The van der Waals surface area contributed by atoms with Crippen LogP contribution in [0.25, 0.3) is 0 Å². The van der Waals surface area contributed by atoms with Gasteiger partial charge in [-0.1, -0.05) is 38.5 Å². The number of hydrogen-bond donors (Lipinski definition) is 2. The van der Waals surface area contributed by atoms with E-state index in [0.29, 0.717) is 12.8 Å². The predicted molar refractivity (Wildman–Crippen MR) is 95.5 cm³/mol. The molecular formula is C16H27ClN2O3S. The second kappa shape index (κ2) is 9.25. The van der Waals surface area contributed by atoms with Gasteiger partial charge in [-0.25, -0.2) is 8.42 Å². The number of sulfone groups is 1. The average molecular weight is 363 g/mol. The van der Waals surface area contributed by atoms with Crippen molar-refractivity contribution in [2.75, 3.05) is 5.75 Å². The Hall–Kier alpha value is -1.11. The van der Waals surface area contributed by atoms with Crippen molar-refractivity contribution in [2.45, 2.75) is 56.5 Å². The minimum absolute atomic E-state index is 0. The van der Waals surface area contributed by atoms with Crippen LogP contribution in [0.5, 0.6) is 0 Å². The van der Waals surface area contributed by atoms with Gasteiger partial charge in [-0.2, -0.15) is 0 Å². The number of amides is 1. The smallest absolute Gasteiger partial charge is 0.240 e. The number of rotatable bonds is 8. The maximum Gasteiger partial charge on any atom is 0.240 e. The molecule has 0 bridgehead atoms. The summed E-state index contributed by atoms with van der Waals surface area (Å²) < 4.78 is 24.8.